The van der Waals surface area contributed by atoms with Crippen molar-refractivity contribution in [3.05, 3.63) is 10.2 Å². The second-order valence-electron chi connectivity index (χ2n) is 10.6. The molecule has 0 saturated heterocycles. The van der Waals surface area contributed by atoms with Crippen molar-refractivity contribution in [3.8, 4) is 0 Å². The number of hydrogen-bond acceptors (Lipinski definition) is 3. The number of ether oxygens (including phenoxy) is 1. The molecule has 0 aromatic heterocycles. The van der Waals surface area contributed by atoms with Gasteiger partial charge in [0, 0.05) is 0 Å². The molecule has 0 aliphatic heterocycles. The maximum absolute atomic E-state index is 11.8. The van der Waals surface area contributed by atoms with Crippen LogP contribution in [0.5, 0.6) is 0 Å². The molecule has 5 heteroatoms. The molecule has 0 amide bonds. The number of unbranched alkanes of at least 4 members (excludes halogenated alkanes) is 3. The number of carbonyl (C=O) groups excluding carboxylic acids is 1. The Balaban J connectivity index is 5.73. The third-order valence-corrected chi connectivity index (χ3v) is 25.5. The first kappa shape index (κ1) is 30.2. The third-order valence-electron chi connectivity index (χ3n) is 6.86. The molecule has 0 aromatic carbocycles. The van der Waals surface area contributed by atoms with Crippen LogP contribution in [0.2, 0.25) is 31.4 Å². The summed E-state index contributed by atoms with van der Waals surface area (Å²) in [4.78, 5) is 11.8. The van der Waals surface area contributed by atoms with E-state index in [1.807, 2.05) is 0 Å². The molecule has 0 spiro atoms. The van der Waals surface area contributed by atoms with E-state index in [0.29, 0.717) is 6.42 Å². The zero-order valence-electron chi connectivity index (χ0n) is 21.7. The van der Waals surface area contributed by atoms with Gasteiger partial charge >= 0.3 is 194 Å². The van der Waals surface area contributed by atoms with E-state index in [9.17, 15) is 4.79 Å². The van der Waals surface area contributed by atoms with Crippen LogP contribution >= 0.6 is 0 Å². The third kappa shape index (κ3) is 11.7. The van der Waals surface area contributed by atoms with Crippen molar-refractivity contribution in [2.24, 2.45) is 0 Å². The van der Waals surface area contributed by atoms with Gasteiger partial charge in [0.1, 0.15) is 0 Å². The Morgan fingerprint density at radius 1 is 0.967 bits per heavy atom. The molecule has 3 nitrogen and oxygen atoms in total. The van der Waals surface area contributed by atoms with Crippen LogP contribution in [0.15, 0.2) is 10.2 Å². The minimum atomic E-state index is -2.36. The van der Waals surface area contributed by atoms with Crippen LogP contribution in [0.25, 0.3) is 0 Å². The van der Waals surface area contributed by atoms with Crippen LogP contribution < -0.4 is 0 Å². The van der Waals surface area contributed by atoms with Gasteiger partial charge in [-0.05, 0) is 0 Å². The van der Waals surface area contributed by atoms with Gasteiger partial charge in [0.15, 0.2) is 0 Å². The number of methoxy groups -OCH3 is 1. The van der Waals surface area contributed by atoms with Crippen LogP contribution in [-0.2, 0) is 14.0 Å². The van der Waals surface area contributed by atoms with Gasteiger partial charge in [0.25, 0.3) is 0 Å². The summed E-state index contributed by atoms with van der Waals surface area (Å²) >= 11 is -2.36. The quantitative estimate of drug-likeness (QED) is 0.144. The summed E-state index contributed by atoms with van der Waals surface area (Å²) in [5, 5.41) is 0.164. The minimum absolute atomic E-state index is 0.0333. The molecule has 30 heavy (non-hydrogen) atoms. The van der Waals surface area contributed by atoms with Crippen LogP contribution in [0.1, 0.15) is 92.9 Å². The normalized spacial score (nSPS) is 14.3. The summed E-state index contributed by atoms with van der Waals surface area (Å²) in [5.41, 5.74) is 0. The molecule has 178 valence electrons. The predicted molar refractivity (Wildman–Crippen MR) is 137 cm³/mol. The fraction of sp³-hybridized carbons (Fsp3) is 0.880. The Hall–Kier alpha value is 0.186. The van der Waals surface area contributed by atoms with E-state index < -0.39 is 26.7 Å². The molecule has 0 aliphatic rings. The van der Waals surface area contributed by atoms with Crippen molar-refractivity contribution in [2.75, 3.05) is 7.11 Å². The van der Waals surface area contributed by atoms with Crippen molar-refractivity contribution in [1.29, 1.82) is 0 Å². The number of hydrogen-bond donors (Lipinski definition) is 0. The molecule has 0 heterocycles. The first-order valence-electron chi connectivity index (χ1n) is 12.4. The van der Waals surface area contributed by atoms with Gasteiger partial charge in [-0.15, -0.1) is 0 Å². The van der Waals surface area contributed by atoms with Crippen LogP contribution in [-0.4, -0.2) is 45.9 Å². The standard InChI is InChI=1S/C13H25O3Si.3C4H9.Sn/c1-8-11(9-10-12(14)15-5)16-17(6,7)13(2,3)4;3*1-3-4-2;/h1,8,11H,9-10H2,2-7H3;3*1,3-4H2,2H3;/t11-;;;;/m1..../s1. The van der Waals surface area contributed by atoms with Gasteiger partial charge in [-0.2, -0.15) is 0 Å². The summed E-state index contributed by atoms with van der Waals surface area (Å²) in [6.45, 7) is 18.4. The number of rotatable bonds is 16. The Morgan fingerprint density at radius 3 is 1.80 bits per heavy atom. The fourth-order valence-corrected chi connectivity index (χ4v) is 19.3. The second kappa shape index (κ2) is 15.1. The van der Waals surface area contributed by atoms with Crippen molar-refractivity contribution in [3.63, 3.8) is 0 Å². The molecule has 0 aromatic rings. The summed E-state index contributed by atoms with van der Waals surface area (Å²) in [6, 6.07) is 0. The molecular weight excluding hydrogens is 495 g/mol. The number of carbonyl (C=O) groups is 1. The predicted octanol–water partition coefficient (Wildman–Crippen LogP) is 8.27. The van der Waals surface area contributed by atoms with Gasteiger partial charge in [-0.1, -0.05) is 0 Å². The Labute approximate surface area is 193 Å². The zero-order chi connectivity index (χ0) is 23.3. The van der Waals surface area contributed by atoms with Crippen molar-refractivity contribution in [2.45, 2.75) is 130 Å². The van der Waals surface area contributed by atoms with E-state index in [1.165, 1.54) is 58.9 Å². The van der Waals surface area contributed by atoms with E-state index in [2.05, 4.69) is 64.8 Å². The Morgan fingerprint density at radius 2 is 1.43 bits per heavy atom. The molecule has 0 aliphatic carbocycles. The summed E-state index contributed by atoms with van der Waals surface area (Å²) in [7, 11) is -0.427. The van der Waals surface area contributed by atoms with Gasteiger partial charge in [-0.3, -0.25) is 0 Å². The van der Waals surface area contributed by atoms with Crippen LogP contribution in [0.4, 0.5) is 0 Å². The number of esters is 1. The Kier molecular flexibility index (Phi) is 15.2. The SMILES string of the molecule is CCC[CH2][Sn](/[CH]=C/[C@H](CCC(=O)OC)O[Si](C)(C)C(C)(C)C)([CH2]CCC)[CH2]CCC. The fourth-order valence-electron chi connectivity index (χ4n) is 3.63. The first-order chi connectivity index (χ1) is 14.0. The van der Waals surface area contributed by atoms with Gasteiger partial charge in [0.05, 0.1) is 0 Å². The molecule has 0 radical (unpaired) electrons. The summed E-state index contributed by atoms with van der Waals surface area (Å²) in [6.07, 6.45) is 11.6. The van der Waals surface area contributed by atoms with E-state index in [4.69, 9.17) is 9.16 Å². The average Bonchev–Trinajstić information content (AvgIpc) is 2.69. The average molecular weight is 547 g/mol. The summed E-state index contributed by atoms with van der Waals surface area (Å²) in [5.74, 6) is -0.134. The first-order valence-corrected chi connectivity index (χ1v) is 23.0. The molecule has 0 bridgehead atoms. The second-order valence-corrected chi connectivity index (χ2v) is 28.3. The van der Waals surface area contributed by atoms with Crippen LogP contribution in [0, 0.1) is 0 Å². The van der Waals surface area contributed by atoms with Crippen molar-refractivity contribution >= 4 is 32.7 Å². The summed E-state index contributed by atoms with van der Waals surface area (Å²) < 4.78 is 18.8. The zero-order valence-corrected chi connectivity index (χ0v) is 25.6. The molecule has 0 rings (SSSR count). The van der Waals surface area contributed by atoms with Gasteiger partial charge < -0.3 is 0 Å². The molecular formula is C25H52O3SiSn. The molecule has 0 unspecified atom stereocenters. The van der Waals surface area contributed by atoms with Crippen molar-refractivity contribution < 1.29 is 14.0 Å². The van der Waals surface area contributed by atoms with Crippen molar-refractivity contribution in [1.82, 2.24) is 0 Å². The van der Waals surface area contributed by atoms with Gasteiger partial charge in [0.2, 0.25) is 0 Å². The topological polar surface area (TPSA) is 35.5 Å². The maximum atomic E-state index is 11.8. The van der Waals surface area contributed by atoms with E-state index >= 15 is 0 Å². The molecule has 0 N–H and O–H groups in total. The van der Waals surface area contributed by atoms with E-state index in [0.717, 1.165) is 6.42 Å². The molecule has 0 saturated carbocycles. The van der Waals surface area contributed by atoms with E-state index in [-0.39, 0.29) is 17.1 Å². The molecule has 0 fully saturated rings. The van der Waals surface area contributed by atoms with Gasteiger partial charge in [-0.25, -0.2) is 0 Å². The van der Waals surface area contributed by atoms with E-state index in [1.54, 1.807) is 0 Å². The Bertz CT molecular complexity index is 475. The monoisotopic (exact) mass is 548 g/mol. The molecule has 1 atom stereocenters. The van der Waals surface area contributed by atoms with Crippen LogP contribution in [0.3, 0.4) is 0 Å².